The molecule has 1 aromatic carbocycles. The van der Waals surface area contributed by atoms with Crippen LogP contribution in [0.25, 0.3) is 0 Å². The summed E-state index contributed by atoms with van der Waals surface area (Å²) >= 11 is 0. The molecule has 94 valence electrons. The van der Waals surface area contributed by atoms with Crippen molar-refractivity contribution in [2.45, 2.75) is 32.6 Å². The highest BCUT2D eigenvalue weighted by molar-refractivity contribution is 5.91. The average molecular weight is 238 g/mol. The lowest BCUT2D eigenvalue weighted by atomic mass is 10.1. The van der Waals surface area contributed by atoms with Gasteiger partial charge in [-0.25, -0.2) is 4.39 Å². The lowest BCUT2D eigenvalue weighted by molar-refractivity contribution is -0.116. The molecule has 0 fully saturated rings. The number of hydrogen-bond donors (Lipinski definition) is 2. The van der Waals surface area contributed by atoms with Crippen molar-refractivity contribution in [1.29, 1.82) is 0 Å². The number of amides is 1. The number of nitrogens with one attached hydrogen (secondary N) is 1. The second kappa shape index (κ2) is 7.01. The second-order valence-electron chi connectivity index (χ2n) is 4.11. The van der Waals surface area contributed by atoms with Gasteiger partial charge in [-0.3, -0.25) is 4.79 Å². The van der Waals surface area contributed by atoms with E-state index in [1.807, 2.05) is 0 Å². The molecule has 0 heterocycles. The van der Waals surface area contributed by atoms with E-state index in [1.165, 1.54) is 12.1 Å². The van der Waals surface area contributed by atoms with E-state index in [2.05, 4.69) is 5.32 Å². The minimum Gasteiger partial charge on any atom is -0.330 e. The predicted octanol–water partition coefficient (Wildman–Crippen LogP) is 2.59. The normalized spacial score (nSPS) is 10.3. The molecule has 17 heavy (non-hydrogen) atoms. The lowest BCUT2D eigenvalue weighted by Gasteiger charge is -2.08. The molecule has 0 aliphatic heterocycles. The summed E-state index contributed by atoms with van der Waals surface area (Å²) in [7, 11) is 0. The Bertz CT molecular complexity index is 380. The van der Waals surface area contributed by atoms with E-state index in [0.717, 1.165) is 24.8 Å². The van der Waals surface area contributed by atoms with Gasteiger partial charge in [0.1, 0.15) is 5.82 Å². The van der Waals surface area contributed by atoms with Crippen molar-refractivity contribution >= 4 is 11.6 Å². The van der Waals surface area contributed by atoms with Gasteiger partial charge >= 0.3 is 0 Å². The van der Waals surface area contributed by atoms with Gasteiger partial charge < -0.3 is 11.1 Å². The van der Waals surface area contributed by atoms with Gasteiger partial charge in [-0.05, 0) is 50.1 Å². The Morgan fingerprint density at radius 3 is 2.76 bits per heavy atom. The zero-order valence-electron chi connectivity index (χ0n) is 10.1. The maximum absolute atomic E-state index is 12.8. The van der Waals surface area contributed by atoms with Crippen molar-refractivity contribution in [2.24, 2.45) is 5.73 Å². The summed E-state index contributed by atoms with van der Waals surface area (Å²) in [6.45, 7) is 2.44. The zero-order chi connectivity index (χ0) is 12.7. The van der Waals surface area contributed by atoms with Crippen LogP contribution in [0.1, 0.15) is 31.2 Å². The van der Waals surface area contributed by atoms with Crippen LogP contribution in [0.15, 0.2) is 18.2 Å². The number of rotatable bonds is 6. The van der Waals surface area contributed by atoms with Crippen LogP contribution in [0.4, 0.5) is 10.1 Å². The number of hydrogen-bond acceptors (Lipinski definition) is 2. The fraction of sp³-hybridized carbons (Fsp3) is 0.462. The van der Waals surface area contributed by atoms with Crippen LogP contribution in [0, 0.1) is 12.7 Å². The molecule has 0 spiro atoms. The summed E-state index contributed by atoms with van der Waals surface area (Å²) < 4.78 is 12.8. The first kappa shape index (κ1) is 13.6. The number of carbonyl (C=O) groups excluding carboxylic acids is 1. The summed E-state index contributed by atoms with van der Waals surface area (Å²) in [6.07, 6.45) is 3.23. The molecule has 1 rings (SSSR count). The Morgan fingerprint density at radius 1 is 1.35 bits per heavy atom. The molecule has 0 saturated carbocycles. The SMILES string of the molecule is Cc1cc(F)ccc1NC(=O)CCCCCN. The van der Waals surface area contributed by atoms with Crippen LogP contribution in [-0.2, 0) is 4.79 Å². The maximum Gasteiger partial charge on any atom is 0.224 e. The van der Waals surface area contributed by atoms with Gasteiger partial charge in [0.2, 0.25) is 5.91 Å². The first-order valence-corrected chi connectivity index (χ1v) is 5.89. The number of anilines is 1. The molecule has 0 radical (unpaired) electrons. The monoisotopic (exact) mass is 238 g/mol. The maximum atomic E-state index is 12.8. The molecule has 0 aliphatic rings. The number of aryl methyl sites for hydroxylation is 1. The minimum atomic E-state index is -0.288. The van der Waals surface area contributed by atoms with Gasteiger partial charge in [0.05, 0.1) is 0 Å². The molecule has 0 saturated heterocycles. The molecule has 3 nitrogen and oxygen atoms in total. The molecular weight excluding hydrogens is 219 g/mol. The van der Waals surface area contributed by atoms with Crippen LogP contribution in [0.5, 0.6) is 0 Å². The first-order chi connectivity index (χ1) is 8.13. The second-order valence-corrected chi connectivity index (χ2v) is 4.11. The molecular formula is C13H19FN2O. The van der Waals surface area contributed by atoms with Crippen molar-refractivity contribution in [2.75, 3.05) is 11.9 Å². The van der Waals surface area contributed by atoms with Gasteiger partial charge in [-0.2, -0.15) is 0 Å². The quantitative estimate of drug-likeness (QED) is 0.748. The van der Waals surface area contributed by atoms with Gasteiger partial charge in [0.25, 0.3) is 0 Å². The summed E-state index contributed by atoms with van der Waals surface area (Å²) in [6, 6.07) is 4.34. The number of unbranched alkanes of at least 4 members (excludes halogenated alkanes) is 2. The molecule has 0 aliphatic carbocycles. The van der Waals surface area contributed by atoms with Crippen LogP contribution in [0.3, 0.4) is 0 Å². The lowest BCUT2D eigenvalue weighted by Crippen LogP contribution is -2.12. The van der Waals surface area contributed by atoms with E-state index in [1.54, 1.807) is 13.0 Å². The standard InChI is InChI=1S/C13H19FN2O/c1-10-9-11(14)6-7-12(10)16-13(17)5-3-2-4-8-15/h6-7,9H,2-5,8,15H2,1H3,(H,16,17). The van der Waals surface area contributed by atoms with Crippen LogP contribution in [0.2, 0.25) is 0 Å². The third-order valence-corrected chi connectivity index (χ3v) is 2.57. The van der Waals surface area contributed by atoms with Crippen molar-refractivity contribution in [3.8, 4) is 0 Å². The van der Waals surface area contributed by atoms with Crippen LogP contribution >= 0.6 is 0 Å². The Morgan fingerprint density at radius 2 is 2.12 bits per heavy atom. The first-order valence-electron chi connectivity index (χ1n) is 5.89. The predicted molar refractivity (Wildman–Crippen MR) is 67.3 cm³/mol. The Balaban J connectivity index is 2.40. The Hall–Kier alpha value is -1.42. The van der Waals surface area contributed by atoms with Gasteiger partial charge in [-0.15, -0.1) is 0 Å². The molecule has 1 aromatic rings. The van der Waals surface area contributed by atoms with Gasteiger partial charge in [0, 0.05) is 12.1 Å². The molecule has 4 heteroatoms. The summed E-state index contributed by atoms with van der Waals surface area (Å²) in [5, 5.41) is 2.78. The van der Waals surface area contributed by atoms with E-state index >= 15 is 0 Å². The van der Waals surface area contributed by atoms with E-state index in [9.17, 15) is 9.18 Å². The van der Waals surface area contributed by atoms with E-state index in [-0.39, 0.29) is 11.7 Å². The van der Waals surface area contributed by atoms with Crippen molar-refractivity contribution in [1.82, 2.24) is 0 Å². The Labute approximate surface area is 101 Å². The summed E-state index contributed by atoms with van der Waals surface area (Å²) in [5.74, 6) is -0.319. The number of halogens is 1. The zero-order valence-corrected chi connectivity index (χ0v) is 10.1. The van der Waals surface area contributed by atoms with Crippen molar-refractivity contribution in [3.05, 3.63) is 29.6 Å². The topological polar surface area (TPSA) is 55.1 Å². The molecule has 0 atom stereocenters. The third kappa shape index (κ3) is 4.95. The summed E-state index contributed by atoms with van der Waals surface area (Å²) in [5.41, 5.74) is 6.78. The fourth-order valence-corrected chi connectivity index (χ4v) is 1.59. The number of benzene rings is 1. The van der Waals surface area contributed by atoms with Crippen molar-refractivity contribution in [3.63, 3.8) is 0 Å². The molecule has 0 unspecified atom stereocenters. The smallest absolute Gasteiger partial charge is 0.224 e. The van der Waals surface area contributed by atoms with E-state index < -0.39 is 0 Å². The molecule has 0 bridgehead atoms. The Kier molecular flexibility index (Phi) is 5.63. The number of carbonyl (C=O) groups is 1. The fourth-order valence-electron chi connectivity index (χ4n) is 1.59. The number of nitrogens with two attached hydrogens (primary N) is 1. The third-order valence-electron chi connectivity index (χ3n) is 2.57. The van der Waals surface area contributed by atoms with Crippen LogP contribution < -0.4 is 11.1 Å². The van der Waals surface area contributed by atoms with E-state index in [4.69, 9.17) is 5.73 Å². The largest absolute Gasteiger partial charge is 0.330 e. The highest BCUT2D eigenvalue weighted by Crippen LogP contribution is 2.16. The highest BCUT2D eigenvalue weighted by Gasteiger charge is 2.05. The molecule has 3 N–H and O–H groups in total. The summed E-state index contributed by atoms with van der Waals surface area (Å²) in [4.78, 5) is 11.6. The average Bonchev–Trinajstić information content (AvgIpc) is 2.28. The van der Waals surface area contributed by atoms with Gasteiger partial charge in [0.15, 0.2) is 0 Å². The highest BCUT2D eigenvalue weighted by atomic mass is 19.1. The van der Waals surface area contributed by atoms with Crippen LogP contribution in [-0.4, -0.2) is 12.5 Å². The van der Waals surface area contributed by atoms with E-state index in [0.29, 0.717) is 18.7 Å². The minimum absolute atomic E-state index is 0.0308. The van der Waals surface area contributed by atoms with Crippen molar-refractivity contribution < 1.29 is 9.18 Å². The molecule has 0 aromatic heterocycles. The molecule has 1 amide bonds. The van der Waals surface area contributed by atoms with Gasteiger partial charge in [-0.1, -0.05) is 6.42 Å².